The Morgan fingerprint density at radius 2 is 2.00 bits per heavy atom. The van der Waals surface area contributed by atoms with Crippen molar-refractivity contribution in [2.75, 3.05) is 0 Å². The number of hydrogen-bond acceptors (Lipinski definition) is 6. The predicted octanol–water partition coefficient (Wildman–Crippen LogP) is 1.12. The number of pyridine rings is 1. The first-order valence-corrected chi connectivity index (χ1v) is 5.50. The minimum atomic E-state index is -0.0265. The summed E-state index contributed by atoms with van der Waals surface area (Å²) in [6.45, 7) is 0. The maximum Gasteiger partial charge on any atom is 0.192 e. The van der Waals surface area contributed by atoms with Crippen LogP contribution in [0.3, 0.4) is 0 Å². The van der Waals surface area contributed by atoms with E-state index >= 15 is 0 Å². The fourth-order valence-corrected chi connectivity index (χ4v) is 1.85. The Morgan fingerprint density at radius 3 is 2.71 bits per heavy atom. The van der Waals surface area contributed by atoms with Gasteiger partial charge in [-0.05, 0) is 30.0 Å². The first-order valence-electron chi connectivity index (χ1n) is 4.68. The molecule has 0 spiro atoms. The van der Waals surface area contributed by atoms with Gasteiger partial charge in [-0.1, -0.05) is 5.16 Å². The van der Waals surface area contributed by atoms with E-state index in [1.54, 1.807) is 36.8 Å². The van der Waals surface area contributed by atoms with Crippen LogP contribution in [0, 0.1) is 0 Å². The summed E-state index contributed by atoms with van der Waals surface area (Å²) in [4.78, 5) is 13.0. The van der Waals surface area contributed by atoms with Crippen molar-refractivity contribution in [3.8, 4) is 0 Å². The van der Waals surface area contributed by atoms with Crippen LogP contribution in [-0.2, 0) is 0 Å². The first kappa shape index (κ1) is 11.3. The molecule has 0 radical (unpaired) electrons. The molecule has 0 fully saturated rings. The summed E-state index contributed by atoms with van der Waals surface area (Å²) in [5, 5.41) is 12.1. The summed E-state index contributed by atoms with van der Waals surface area (Å²) in [5.41, 5.74) is 5.86. The molecule has 0 saturated heterocycles. The van der Waals surface area contributed by atoms with Crippen molar-refractivity contribution in [2.45, 2.75) is 10.1 Å². The molecule has 2 aromatic rings. The second-order valence-electron chi connectivity index (χ2n) is 3.00. The topological polar surface area (TPSA) is 97.3 Å². The van der Waals surface area contributed by atoms with Gasteiger partial charge in [-0.2, -0.15) is 0 Å². The van der Waals surface area contributed by atoms with E-state index in [4.69, 9.17) is 10.9 Å². The standard InChI is InChI=1S/C10H9N5OS/c11-9(15-16)8-6-7(2-5-12-8)17-10-13-3-1-4-14-10/h1-6,16H,(H2,11,15). The monoisotopic (exact) mass is 247 g/mol. The molecule has 0 aromatic carbocycles. The molecule has 86 valence electrons. The zero-order valence-electron chi connectivity index (χ0n) is 8.69. The van der Waals surface area contributed by atoms with Gasteiger partial charge in [0.2, 0.25) is 0 Å². The lowest BCUT2D eigenvalue weighted by atomic mass is 10.3. The van der Waals surface area contributed by atoms with Crippen LogP contribution in [0.2, 0.25) is 0 Å². The summed E-state index contributed by atoms with van der Waals surface area (Å²) < 4.78 is 0. The van der Waals surface area contributed by atoms with Gasteiger partial charge in [-0.3, -0.25) is 4.98 Å². The Morgan fingerprint density at radius 1 is 1.24 bits per heavy atom. The predicted molar refractivity (Wildman–Crippen MR) is 62.9 cm³/mol. The van der Waals surface area contributed by atoms with Crippen molar-refractivity contribution in [1.29, 1.82) is 0 Å². The van der Waals surface area contributed by atoms with Crippen LogP contribution in [0.4, 0.5) is 0 Å². The molecule has 2 rings (SSSR count). The molecule has 0 atom stereocenters. The lowest BCUT2D eigenvalue weighted by Crippen LogP contribution is -2.14. The number of aromatic nitrogens is 3. The van der Waals surface area contributed by atoms with Crippen molar-refractivity contribution in [3.05, 3.63) is 42.5 Å². The minimum Gasteiger partial charge on any atom is -0.409 e. The van der Waals surface area contributed by atoms with E-state index in [0.717, 1.165) is 4.90 Å². The van der Waals surface area contributed by atoms with Gasteiger partial charge in [-0.15, -0.1) is 0 Å². The third-order valence-electron chi connectivity index (χ3n) is 1.85. The van der Waals surface area contributed by atoms with Gasteiger partial charge in [0.25, 0.3) is 0 Å². The lowest BCUT2D eigenvalue weighted by Gasteiger charge is -2.01. The largest absolute Gasteiger partial charge is 0.409 e. The summed E-state index contributed by atoms with van der Waals surface area (Å²) in [7, 11) is 0. The molecular formula is C10H9N5OS. The van der Waals surface area contributed by atoms with E-state index in [0.29, 0.717) is 10.9 Å². The summed E-state index contributed by atoms with van der Waals surface area (Å²) >= 11 is 1.38. The molecule has 0 amide bonds. The molecule has 2 heterocycles. The van der Waals surface area contributed by atoms with Crippen LogP contribution in [-0.4, -0.2) is 26.0 Å². The third-order valence-corrected chi connectivity index (χ3v) is 2.74. The third kappa shape index (κ3) is 2.91. The van der Waals surface area contributed by atoms with Crippen LogP contribution in [0.15, 0.2) is 52.0 Å². The first-order chi connectivity index (χ1) is 8.29. The number of amidine groups is 1. The molecule has 7 heteroatoms. The highest BCUT2D eigenvalue weighted by atomic mass is 32.2. The highest BCUT2D eigenvalue weighted by Crippen LogP contribution is 2.23. The van der Waals surface area contributed by atoms with E-state index in [-0.39, 0.29) is 5.84 Å². The van der Waals surface area contributed by atoms with Crippen LogP contribution in [0.25, 0.3) is 0 Å². The molecule has 0 saturated carbocycles. The molecule has 0 aliphatic carbocycles. The number of nitrogens with two attached hydrogens (primary N) is 1. The normalized spacial score (nSPS) is 11.4. The van der Waals surface area contributed by atoms with E-state index < -0.39 is 0 Å². The van der Waals surface area contributed by atoms with Gasteiger partial charge >= 0.3 is 0 Å². The van der Waals surface area contributed by atoms with Crippen molar-refractivity contribution < 1.29 is 5.21 Å². The minimum absolute atomic E-state index is 0.0265. The Bertz CT molecular complexity index is 531. The fraction of sp³-hybridized carbons (Fsp3) is 0. The van der Waals surface area contributed by atoms with Crippen molar-refractivity contribution in [3.63, 3.8) is 0 Å². The average molecular weight is 247 g/mol. The van der Waals surface area contributed by atoms with E-state index in [9.17, 15) is 0 Å². The Labute approximate surface area is 102 Å². The highest BCUT2D eigenvalue weighted by molar-refractivity contribution is 7.99. The van der Waals surface area contributed by atoms with Gasteiger partial charge < -0.3 is 10.9 Å². The average Bonchev–Trinajstić information content (AvgIpc) is 2.39. The van der Waals surface area contributed by atoms with Gasteiger partial charge in [0.1, 0.15) is 5.69 Å². The molecule has 2 aromatic heterocycles. The lowest BCUT2D eigenvalue weighted by molar-refractivity contribution is 0.318. The van der Waals surface area contributed by atoms with Gasteiger partial charge in [0.05, 0.1) is 0 Å². The molecule has 6 nitrogen and oxygen atoms in total. The van der Waals surface area contributed by atoms with Crippen molar-refractivity contribution in [2.24, 2.45) is 10.9 Å². The molecule has 17 heavy (non-hydrogen) atoms. The molecule has 0 unspecified atom stereocenters. The molecular weight excluding hydrogens is 238 g/mol. The van der Waals surface area contributed by atoms with Crippen molar-refractivity contribution in [1.82, 2.24) is 15.0 Å². The zero-order chi connectivity index (χ0) is 12.1. The van der Waals surface area contributed by atoms with Crippen LogP contribution < -0.4 is 5.73 Å². The maximum absolute atomic E-state index is 8.56. The fourth-order valence-electron chi connectivity index (χ4n) is 1.11. The van der Waals surface area contributed by atoms with Crippen LogP contribution >= 0.6 is 11.8 Å². The number of rotatable bonds is 3. The summed E-state index contributed by atoms with van der Waals surface area (Å²) in [5.74, 6) is -0.0265. The molecule has 0 aliphatic heterocycles. The maximum atomic E-state index is 8.56. The Balaban J connectivity index is 2.23. The zero-order valence-corrected chi connectivity index (χ0v) is 9.50. The van der Waals surface area contributed by atoms with Gasteiger partial charge in [0, 0.05) is 23.5 Å². The second-order valence-corrected chi connectivity index (χ2v) is 4.04. The van der Waals surface area contributed by atoms with Gasteiger partial charge in [-0.25, -0.2) is 9.97 Å². The van der Waals surface area contributed by atoms with Crippen LogP contribution in [0.1, 0.15) is 5.69 Å². The molecule has 0 bridgehead atoms. The Kier molecular flexibility index (Phi) is 3.51. The highest BCUT2D eigenvalue weighted by Gasteiger charge is 2.04. The van der Waals surface area contributed by atoms with Crippen LogP contribution in [0.5, 0.6) is 0 Å². The SMILES string of the molecule is NC(=NO)c1cc(Sc2ncccn2)ccn1. The molecule has 3 N–H and O–H groups in total. The van der Waals surface area contributed by atoms with E-state index in [1.165, 1.54) is 11.8 Å². The molecule has 0 aliphatic rings. The summed E-state index contributed by atoms with van der Waals surface area (Å²) in [6.07, 6.45) is 4.92. The van der Waals surface area contributed by atoms with Gasteiger partial charge in [0.15, 0.2) is 11.0 Å². The Hall–Kier alpha value is -2.15. The van der Waals surface area contributed by atoms with E-state index in [1.807, 2.05) is 0 Å². The smallest absolute Gasteiger partial charge is 0.192 e. The number of nitrogens with zero attached hydrogens (tertiary/aromatic N) is 4. The quantitative estimate of drug-likeness (QED) is 0.277. The van der Waals surface area contributed by atoms with Crippen molar-refractivity contribution >= 4 is 17.6 Å². The summed E-state index contributed by atoms with van der Waals surface area (Å²) in [6, 6.07) is 5.25. The second kappa shape index (κ2) is 5.26. The van der Waals surface area contributed by atoms with E-state index in [2.05, 4.69) is 20.1 Å². The number of hydrogen-bond donors (Lipinski definition) is 2. The number of oxime groups is 1.